The van der Waals surface area contributed by atoms with Gasteiger partial charge in [-0.25, -0.2) is 0 Å². The molecule has 0 aromatic rings. The molecule has 0 saturated heterocycles. The SMILES string of the molecule is CC(C)C1CC2=C(C=CCC2)C1=O. The molecule has 2 aliphatic carbocycles. The molecule has 0 N–H and O–H groups in total. The van der Waals surface area contributed by atoms with Gasteiger partial charge >= 0.3 is 0 Å². The molecule has 1 unspecified atom stereocenters. The van der Waals surface area contributed by atoms with Crippen molar-refractivity contribution in [2.45, 2.75) is 33.1 Å². The second kappa shape index (κ2) is 3.13. The van der Waals surface area contributed by atoms with Gasteiger partial charge < -0.3 is 0 Å². The number of rotatable bonds is 1. The van der Waals surface area contributed by atoms with Crippen molar-refractivity contribution >= 4 is 5.78 Å². The summed E-state index contributed by atoms with van der Waals surface area (Å²) in [7, 11) is 0. The second-order valence-corrected chi connectivity index (χ2v) is 4.38. The summed E-state index contributed by atoms with van der Waals surface area (Å²) in [6.07, 6.45) is 7.41. The van der Waals surface area contributed by atoms with E-state index in [4.69, 9.17) is 0 Å². The summed E-state index contributed by atoms with van der Waals surface area (Å²) in [5, 5.41) is 0. The first-order chi connectivity index (χ1) is 6.20. The van der Waals surface area contributed by atoms with Gasteiger partial charge in [-0.15, -0.1) is 0 Å². The number of carbonyl (C=O) groups excluding carboxylic acids is 1. The van der Waals surface area contributed by atoms with Crippen LogP contribution in [0.25, 0.3) is 0 Å². The Balaban J connectivity index is 2.24. The number of carbonyl (C=O) groups is 1. The highest BCUT2D eigenvalue weighted by Gasteiger charge is 2.33. The van der Waals surface area contributed by atoms with Gasteiger partial charge in [-0.3, -0.25) is 4.79 Å². The highest BCUT2D eigenvalue weighted by molar-refractivity contribution is 6.03. The Morgan fingerprint density at radius 1 is 1.46 bits per heavy atom. The van der Waals surface area contributed by atoms with E-state index in [1.165, 1.54) is 5.57 Å². The molecule has 0 aliphatic heterocycles. The average molecular weight is 176 g/mol. The Kier molecular flexibility index (Phi) is 2.10. The minimum atomic E-state index is 0.271. The highest BCUT2D eigenvalue weighted by Crippen LogP contribution is 2.37. The normalized spacial score (nSPS) is 27.3. The molecule has 0 spiro atoms. The molecule has 0 saturated carbocycles. The molecule has 0 heterocycles. The Bertz CT molecular complexity index is 294. The van der Waals surface area contributed by atoms with E-state index in [-0.39, 0.29) is 5.92 Å². The Morgan fingerprint density at radius 2 is 2.23 bits per heavy atom. The molecule has 0 fully saturated rings. The van der Waals surface area contributed by atoms with Crippen LogP contribution in [0.5, 0.6) is 0 Å². The first kappa shape index (κ1) is 8.74. The summed E-state index contributed by atoms with van der Waals surface area (Å²) >= 11 is 0. The van der Waals surface area contributed by atoms with E-state index >= 15 is 0 Å². The van der Waals surface area contributed by atoms with Crippen LogP contribution in [0.15, 0.2) is 23.3 Å². The van der Waals surface area contributed by atoms with Crippen molar-refractivity contribution in [1.29, 1.82) is 0 Å². The summed E-state index contributed by atoms with van der Waals surface area (Å²) in [6.45, 7) is 4.29. The molecular formula is C12H16O. The molecule has 0 aromatic heterocycles. The molecule has 2 aliphatic rings. The van der Waals surface area contributed by atoms with Gasteiger partial charge in [0.2, 0.25) is 0 Å². The van der Waals surface area contributed by atoms with Gasteiger partial charge in [0.05, 0.1) is 0 Å². The van der Waals surface area contributed by atoms with Crippen molar-refractivity contribution < 1.29 is 4.79 Å². The molecule has 13 heavy (non-hydrogen) atoms. The molecule has 0 radical (unpaired) electrons. The lowest BCUT2D eigenvalue weighted by molar-refractivity contribution is -0.119. The molecule has 1 heteroatoms. The Labute approximate surface area is 79.5 Å². The van der Waals surface area contributed by atoms with E-state index < -0.39 is 0 Å². The van der Waals surface area contributed by atoms with E-state index in [9.17, 15) is 4.79 Å². The first-order valence-electron chi connectivity index (χ1n) is 5.13. The third-order valence-corrected chi connectivity index (χ3v) is 3.15. The van der Waals surface area contributed by atoms with E-state index in [1.807, 2.05) is 6.08 Å². The fraction of sp³-hybridized carbons (Fsp3) is 0.583. The quantitative estimate of drug-likeness (QED) is 0.600. The zero-order valence-electron chi connectivity index (χ0n) is 8.34. The van der Waals surface area contributed by atoms with Crippen LogP contribution in [0.1, 0.15) is 33.1 Å². The number of hydrogen-bond donors (Lipinski definition) is 0. The van der Waals surface area contributed by atoms with Gasteiger partial charge in [0.1, 0.15) is 0 Å². The standard InChI is InChI=1S/C12H16O/c1-8(2)11-7-9-5-3-4-6-10(9)12(11)13/h4,6,8,11H,3,5,7H2,1-2H3. The molecular weight excluding hydrogens is 160 g/mol. The van der Waals surface area contributed by atoms with Gasteiger partial charge in [-0.05, 0) is 25.2 Å². The van der Waals surface area contributed by atoms with E-state index in [2.05, 4.69) is 19.9 Å². The largest absolute Gasteiger partial charge is 0.294 e. The van der Waals surface area contributed by atoms with Crippen molar-refractivity contribution in [3.63, 3.8) is 0 Å². The summed E-state index contributed by atoms with van der Waals surface area (Å²) in [4.78, 5) is 11.9. The van der Waals surface area contributed by atoms with Crippen LogP contribution in [0.4, 0.5) is 0 Å². The summed E-state index contributed by atoms with van der Waals surface area (Å²) < 4.78 is 0. The van der Waals surface area contributed by atoms with Gasteiger partial charge in [-0.1, -0.05) is 31.6 Å². The Hall–Kier alpha value is -0.850. The fourth-order valence-corrected chi connectivity index (χ4v) is 2.28. The summed E-state index contributed by atoms with van der Waals surface area (Å²) in [5.74, 6) is 1.15. The van der Waals surface area contributed by atoms with Crippen LogP contribution < -0.4 is 0 Å². The van der Waals surface area contributed by atoms with Crippen LogP contribution in [0.2, 0.25) is 0 Å². The van der Waals surface area contributed by atoms with Crippen molar-refractivity contribution in [3.05, 3.63) is 23.3 Å². The van der Waals surface area contributed by atoms with Crippen LogP contribution in [-0.2, 0) is 4.79 Å². The maximum atomic E-state index is 11.9. The van der Waals surface area contributed by atoms with Crippen LogP contribution in [0, 0.1) is 11.8 Å². The molecule has 2 rings (SSSR count). The van der Waals surface area contributed by atoms with Crippen molar-refractivity contribution in [2.75, 3.05) is 0 Å². The molecule has 0 aromatic carbocycles. The molecule has 1 nitrogen and oxygen atoms in total. The lowest BCUT2D eigenvalue weighted by atomic mass is 9.91. The van der Waals surface area contributed by atoms with E-state index in [1.54, 1.807) is 0 Å². The Morgan fingerprint density at radius 3 is 2.85 bits per heavy atom. The molecule has 0 bridgehead atoms. The minimum absolute atomic E-state index is 0.271. The lowest BCUT2D eigenvalue weighted by Gasteiger charge is -2.12. The van der Waals surface area contributed by atoms with Crippen molar-refractivity contribution in [1.82, 2.24) is 0 Å². The zero-order chi connectivity index (χ0) is 9.42. The lowest BCUT2D eigenvalue weighted by Crippen LogP contribution is -2.15. The molecule has 70 valence electrons. The summed E-state index contributed by atoms with van der Waals surface area (Å²) in [5.41, 5.74) is 2.44. The zero-order valence-corrected chi connectivity index (χ0v) is 8.34. The van der Waals surface area contributed by atoms with E-state index in [0.717, 1.165) is 24.8 Å². The molecule has 1 atom stereocenters. The van der Waals surface area contributed by atoms with Gasteiger partial charge in [0, 0.05) is 11.5 Å². The second-order valence-electron chi connectivity index (χ2n) is 4.38. The minimum Gasteiger partial charge on any atom is -0.294 e. The topological polar surface area (TPSA) is 17.1 Å². The smallest absolute Gasteiger partial charge is 0.166 e. The highest BCUT2D eigenvalue weighted by atomic mass is 16.1. The monoisotopic (exact) mass is 176 g/mol. The maximum absolute atomic E-state index is 11.9. The van der Waals surface area contributed by atoms with Crippen LogP contribution in [0.3, 0.4) is 0 Å². The predicted octanol–water partition coefficient (Wildman–Crippen LogP) is 2.88. The number of hydrogen-bond acceptors (Lipinski definition) is 1. The maximum Gasteiger partial charge on any atom is 0.166 e. The fourth-order valence-electron chi connectivity index (χ4n) is 2.28. The van der Waals surface area contributed by atoms with Gasteiger partial charge in [0.25, 0.3) is 0 Å². The van der Waals surface area contributed by atoms with Crippen LogP contribution in [-0.4, -0.2) is 5.78 Å². The number of allylic oxidation sites excluding steroid dienone is 4. The van der Waals surface area contributed by atoms with E-state index in [0.29, 0.717) is 11.7 Å². The summed E-state index contributed by atoms with van der Waals surface area (Å²) in [6, 6.07) is 0. The van der Waals surface area contributed by atoms with Gasteiger partial charge in [0.15, 0.2) is 5.78 Å². The van der Waals surface area contributed by atoms with Crippen molar-refractivity contribution in [2.24, 2.45) is 11.8 Å². The van der Waals surface area contributed by atoms with Gasteiger partial charge in [-0.2, -0.15) is 0 Å². The first-order valence-corrected chi connectivity index (χ1v) is 5.13. The third kappa shape index (κ3) is 1.37. The number of ketones is 1. The predicted molar refractivity (Wildman–Crippen MR) is 53.4 cm³/mol. The molecule has 0 amide bonds. The average Bonchev–Trinajstić information content (AvgIpc) is 2.45. The van der Waals surface area contributed by atoms with Crippen molar-refractivity contribution in [3.8, 4) is 0 Å². The van der Waals surface area contributed by atoms with Crippen LogP contribution >= 0.6 is 0 Å². The third-order valence-electron chi connectivity index (χ3n) is 3.15. The number of Topliss-reactive ketones (excluding diaryl/α,β-unsaturated/α-hetero) is 1.